The van der Waals surface area contributed by atoms with Gasteiger partial charge in [-0.05, 0) is 50.2 Å². The van der Waals surface area contributed by atoms with Crippen LogP contribution in [0, 0.1) is 13.8 Å². The van der Waals surface area contributed by atoms with E-state index in [1.807, 2.05) is 48.7 Å². The van der Waals surface area contributed by atoms with E-state index in [0.29, 0.717) is 0 Å². The van der Waals surface area contributed by atoms with E-state index in [4.69, 9.17) is 11.6 Å². The van der Waals surface area contributed by atoms with Crippen molar-refractivity contribution in [2.75, 3.05) is 5.75 Å². The third-order valence-corrected chi connectivity index (χ3v) is 7.40. The highest BCUT2D eigenvalue weighted by Gasteiger charge is 2.14. The van der Waals surface area contributed by atoms with Crippen molar-refractivity contribution in [2.45, 2.75) is 18.2 Å². The van der Waals surface area contributed by atoms with E-state index >= 15 is 0 Å². The molecule has 4 aromatic rings. The number of carbonyl (C=O) groups is 2. The summed E-state index contributed by atoms with van der Waals surface area (Å²) < 4.78 is 3.88. The first kappa shape index (κ1) is 23.0. The average molecular weight is 499 g/mol. The molecule has 0 aliphatic carbocycles. The number of rotatable bonds is 7. The highest BCUT2D eigenvalue weighted by Crippen LogP contribution is 2.29. The van der Waals surface area contributed by atoms with Crippen molar-refractivity contribution in [1.82, 2.24) is 15.0 Å². The second kappa shape index (κ2) is 9.78. The van der Waals surface area contributed by atoms with Crippen LogP contribution >= 0.6 is 34.7 Å². The number of thiazole rings is 1. The van der Waals surface area contributed by atoms with Gasteiger partial charge in [-0.25, -0.2) is 15.2 Å². The second-order valence-corrected chi connectivity index (χ2v) is 9.82. The maximum Gasteiger partial charge on any atom is 0.337 e. The number of hydrogen-bond acceptors (Lipinski definition) is 6. The maximum atomic E-state index is 12.2. The quantitative estimate of drug-likeness (QED) is 0.205. The summed E-state index contributed by atoms with van der Waals surface area (Å²) in [5.41, 5.74) is 6.91. The summed E-state index contributed by atoms with van der Waals surface area (Å²) in [6, 6.07) is 14.6. The zero-order valence-electron chi connectivity index (χ0n) is 17.7. The molecule has 10 heteroatoms. The van der Waals surface area contributed by atoms with Crippen LogP contribution in [0.5, 0.6) is 0 Å². The lowest BCUT2D eigenvalue weighted by Crippen LogP contribution is -2.19. The Morgan fingerprint density at radius 2 is 2.03 bits per heavy atom. The predicted octanol–water partition coefficient (Wildman–Crippen LogP) is 5.30. The number of aromatic nitrogens is 2. The van der Waals surface area contributed by atoms with E-state index in [1.165, 1.54) is 17.8 Å². The molecule has 0 saturated carbocycles. The highest BCUT2D eigenvalue weighted by molar-refractivity contribution is 8.01. The van der Waals surface area contributed by atoms with Gasteiger partial charge in [-0.1, -0.05) is 35.5 Å². The Hall–Kier alpha value is -3.14. The van der Waals surface area contributed by atoms with E-state index in [2.05, 4.69) is 15.5 Å². The normalized spacial score (nSPS) is 11.4. The van der Waals surface area contributed by atoms with Crippen LogP contribution in [0.15, 0.2) is 58.0 Å². The fourth-order valence-electron chi connectivity index (χ4n) is 3.38. The number of halogens is 1. The first-order chi connectivity index (χ1) is 15.8. The lowest BCUT2D eigenvalue weighted by Gasteiger charge is -2.11. The molecule has 0 radical (unpaired) electrons. The number of carboxylic acids is 1. The number of nitrogens with zero attached hydrogens (tertiary/aromatic N) is 3. The van der Waals surface area contributed by atoms with Crippen molar-refractivity contribution in [1.29, 1.82) is 0 Å². The highest BCUT2D eigenvalue weighted by atomic mass is 35.5. The van der Waals surface area contributed by atoms with E-state index in [-0.39, 0.29) is 22.2 Å². The first-order valence-electron chi connectivity index (χ1n) is 9.86. The third kappa shape index (κ3) is 5.11. The number of para-hydroxylation sites is 1. The largest absolute Gasteiger partial charge is 0.478 e. The molecule has 2 aromatic carbocycles. The summed E-state index contributed by atoms with van der Waals surface area (Å²) in [6.07, 6.45) is 1.59. The Labute approximate surface area is 203 Å². The fraction of sp³-hybridized carbons (Fsp3) is 0.130. The Morgan fingerprint density at radius 3 is 2.76 bits per heavy atom. The van der Waals surface area contributed by atoms with Crippen LogP contribution in [0.3, 0.4) is 0 Å². The van der Waals surface area contributed by atoms with Gasteiger partial charge in [0.15, 0.2) is 4.34 Å². The minimum absolute atomic E-state index is 0.0519. The number of amides is 1. The van der Waals surface area contributed by atoms with Gasteiger partial charge in [0.05, 0.1) is 32.8 Å². The molecule has 0 atom stereocenters. The Bertz CT molecular complexity index is 1360. The van der Waals surface area contributed by atoms with Gasteiger partial charge in [-0.15, -0.1) is 11.3 Å². The number of benzene rings is 2. The zero-order chi connectivity index (χ0) is 23.5. The number of hydrazone groups is 1. The van der Waals surface area contributed by atoms with E-state index < -0.39 is 5.97 Å². The van der Waals surface area contributed by atoms with Gasteiger partial charge in [0, 0.05) is 22.6 Å². The Balaban J connectivity index is 1.40. The summed E-state index contributed by atoms with van der Waals surface area (Å²) in [5.74, 6) is -1.08. The molecule has 33 heavy (non-hydrogen) atoms. The van der Waals surface area contributed by atoms with E-state index in [0.717, 1.165) is 37.2 Å². The molecular weight excluding hydrogens is 480 g/mol. The van der Waals surface area contributed by atoms with Gasteiger partial charge in [0.25, 0.3) is 5.91 Å². The SMILES string of the molecule is Cc1cc(/C=N/NC(=O)CSc2nc3ccccc3s2)c(C)n1-c1ccc(C(=O)O)c(Cl)c1. The molecule has 0 bridgehead atoms. The van der Waals surface area contributed by atoms with Gasteiger partial charge in [0.1, 0.15) is 0 Å². The molecule has 0 aliphatic heterocycles. The molecule has 2 heterocycles. The molecule has 0 unspecified atom stereocenters. The second-order valence-electron chi connectivity index (χ2n) is 7.16. The van der Waals surface area contributed by atoms with E-state index in [1.54, 1.807) is 29.7 Å². The minimum atomic E-state index is -1.07. The molecule has 0 aliphatic rings. The molecule has 0 saturated heterocycles. The fourth-order valence-corrected chi connectivity index (χ4v) is 5.49. The number of hydrogen-bond donors (Lipinski definition) is 2. The van der Waals surface area contributed by atoms with Crippen molar-refractivity contribution in [2.24, 2.45) is 5.10 Å². The summed E-state index contributed by atoms with van der Waals surface area (Å²) >= 11 is 9.06. The predicted molar refractivity (Wildman–Crippen MR) is 133 cm³/mol. The van der Waals surface area contributed by atoms with Gasteiger partial charge >= 0.3 is 5.97 Å². The third-order valence-electron chi connectivity index (χ3n) is 4.91. The van der Waals surface area contributed by atoms with Crippen LogP contribution in [-0.2, 0) is 4.79 Å². The Kier molecular flexibility index (Phi) is 6.83. The molecule has 4 rings (SSSR count). The lowest BCUT2D eigenvalue weighted by atomic mass is 10.2. The van der Waals surface area contributed by atoms with Crippen molar-refractivity contribution in [3.8, 4) is 5.69 Å². The molecule has 1 amide bonds. The van der Waals surface area contributed by atoms with Gasteiger partial charge in [0.2, 0.25) is 0 Å². The minimum Gasteiger partial charge on any atom is -0.478 e. The number of carboxylic acid groups (broad SMARTS) is 1. The molecule has 2 aromatic heterocycles. The van der Waals surface area contributed by atoms with Crippen molar-refractivity contribution in [3.63, 3.8) is 0 Å². The smallest absolute Gasteiger partial charge is 0.337 e. The number of fused-ring (bicyclic) bond motifs is 1. The van der Waals surface area contributed by atoms with Crippen LogP contribution in [0.25, 0.3) is 15.9 Å². The summed E-state index contributed by atoms with van der Waals surface area (Å²) in [5, 5.41) is 13.4. The molecule has 7 nitrogen and oxygen atoms in total. The van der Waals surface area contributed by atoms with Crippen molar-refractivity contribution >= 4 is 63.0 Å². The van der Waals surface area contributed by atoms with Gasteiger partial charge in [-0.2, -0.15) is 5.10 Å². The van der Waals surface area contributed by atoms with Crippen LogP contribution in [-0.4, -0.2) is 38.5 Å². The average Bonchev–Trinajstić information content (AvgIpc) is 3.31. The molecule has 0 fully saturated rings. The van der Waals surface area contributed by atoms with Crippen LogP contribution in [0.1, 0.15) is 27.3 Å². The number of nitrogens with one attached hydrogen (secondary N) is 1. The monoisotopic (exact) mass is 498 g/mol. The summed E-state index contributed by atoms with van der Waals surface area (Å²) in [6.45, 7) is 3.84. The Morgan fingerprint density at radius 1 is 1.24 bits per heavy atom. The number of aryl methyl sites for hydroxylation is 1. The van der Waals surface area contributed by atoms with Crippen molar-refractivity contribution in [3.05, 3.63) is 76.1 Å². The molecule has 168 valence electrons. The van der Waals surface area contributed by atoms with Crippen LogP contribution in [0.2, 0.25) is 5.02 Å². The molecular formula is C23H19ClN4O3S2. The number of thioether (sulfide) groups is 1. The molecule has 2 N–H and O–H groups in total. The zero-order valence-corrected chi connectivity index (χ0v) is 20.1. The lowest BCUT2D eigenvalue weighted by molar-refractivity contribution is -0.118. The maximum absolute atomic E-state index is 12.2. The van der Waals surface area contributed by atoms with Crippen LogP contribution in [0.4, 0.5) is 0 Å². The van der Waals surface area contributed by atoms with Crippen LogP contribution < -0.4 is 5.43 Å². The summed E-state index contributed by atoms with van der Waals surface area (Å²) in [4.78, 5) is 27.9. The molecule has 0 spiro atoms. The standard InChI is InChI=1S/C23H19ClN4O3S2/c1-13-9-15(14(2)28(13)16-7-8-17(22(30)31)18(24)10-16)11-25-27-21(29)12-32-23-26-19-5-3-4-6-20(19)33-23/h3-11H,12H2,1-2H3,(H,27,29)(H,30,31)/b25-11+. The number of aromatic carboxylic acids is 1. The van der Waals surface area contributed by atoms with Crippen molar-refractivity contribution < 1.29 is 14.7 Å². The number of carbonyl (C=O) groups excluding carboxylic acids is 1. The van der Waals surface area contributed by atoms with E-state index in [9.17, 15) is 14.7 Å². The van der Waals surface area contributed by atoms with Gasteiger partial charge < -0.3 is 9.67 Å². The first-order valence-corrected chi connectivity index (χ1v) is 12.0. The topological polar surface area (TPSA) is 96.6 Å². The summed E-state index contributed by atoms with van der Waals surface area (Å²) in [7, 11) is 0. The van der Waals surface area contributed by atoms with Gasteiger partial charge in [-0.3, -0.25) is 4.79 Å².